The molecule has 0 aliphatic rings. The van der Waals surface area contributed by atoms with Crippen LogP contribution < -0.4 is 9.47 Å². The molecule has 0 unspecified atom stereocenters. The summed E-state index contributed by atoms with van der Waals surface area (Å²) < 4.78 is 106. The largest absolute Gasteiger partial charge is 0.503 e. The Kier molecular flexibility index (Phi) is 20.6. The predicted octanol–water partition coefficient (Wildman–Crippen LogP) is 11.3. The Morgan fingerprint density at radius 3 is 1.54 bits per heavy atom. The summed E-state index contributed by atoms with van der Waals surface area (Å²) in [4.78, 5) is 29.0. The zero-order chi connectivity index (χ0) is 38.4. The lowest BCUT2D eigenvalue weighted by atomic mass is 10.1. The Balaban J connectivity index is 0.000000488. The number of esters is 2. The van der Waals surface area contributed by atoms with Crippen LogP contribution in [0.15, 0.2) is 67.3 Å². The normalized spacial score (nSPS) is 11.4. The first-order valence-electron chi connectivity index (χ1n) is 13.2. The van der Waals surface area contributed by atoms with E-state index in [1.54, 1.807) is 30.3 Å². The Morgan fingerprint density at radius 2 is 1.17 bits per heavy atom. The fourth-order valence-electron chi connectivity index (χ4n) is 3.58. The fraction of sp³-hybridized carbons (Fsp3) is 0.200. The van der Waals surface area contributed by atoms with Gasteiger partial charge in [-0.25, -0.2) is 14.6 Å². The molecule has 0 saturated heterocycles. The number of ether oxygens (including phenoxy) is 6. The second kappa shape index (κ2) is 22.6. The SMILES string of the molecule is CO/C=C(/C(=O)OC)c1ccccc1Oc1nc(Cl)c(C(F)(F)F)s1.CO/C=C(/C(=O)OC)c1ccccc1Oc1ncc(C(F)(F)F)s1.I.II. The van der Waals surface area contributed by atoms with Crippen LogP contribution in [-0.4, -0.2) is 50.3 Å². The van der Waals surface area contributed by atoms with Crippen LogP contribution in [0.2, 0.25) is 5.15 Å². The van der Waals surface area contributed by atoms with Crippen LogP contribution in [0.5, 0.6) is 21.9 Å². The van der Waals surface area contributed by atoms with E-state index in [0.717, 1.165) is 12.5 Å². The number of benzene rings is 2. The number of thiazole rings is 2. The highest BCUT2D eigenvalue weighted by Gasteiger charge is 2.37. The molecular formula is C30H24ClF6I3N2O8S2. The second-order valence-corrected chi connectivity index (χ2v) is 11.1. The summed E-state index contributed by atoms with van der Waals surface area (Å²) in [7, 11) is 5.07. The van der Waals surface area contributed by atoms with E-state index in [9.17, 15) is 35.9 Å². The summed E-state index contributed by atoms with van der Waals surface area (Å²) in [6.45, 7) is 0. The van der Waals surface area contributed by atoms with Crippen LogP contribution in [0.4, 0.5) is 26.3 Å². The molecule has 2 aromatic heterocycles. The van der Waals surface area contributed by atoms with Gasteiger partial charge in [0, 0.05) is 48.4 Å². The van der Waals surface area contributed by atoms with Gasteiger partial charge in [0.05, 0.1) is 47.2 Å². The van der Waals surface area contributed by atoms with Crippen molar-refractivity contribution in [3.8, 4) is 21.9 Å². The molecule has 0 aliphatic carbocycles. The zero-order valence-corrected chi connectivity index (χ0v) is 35.7. The molecular weight excluding hydrogens is 1110 g/mol. The molecule has 284 valence electrons. The molecule has 2 aromatic carbocycles. The lowest BCUT2D eigenvalue weighted by molar-refractivity contribution is -0.135. The van der Waals surface area contributed by atoms with Crippen LogP contribution in [0.3, 0.4) is 0 Å². The lowest BCUT2D eigenvalue weighted by Crippen LogP contribution is -2.05. The van der Waals surface area contributed by atoms with Crippen LogP contribution in [-0.2, 0) is 40.9 Å². The van der Waals surface area contributed by atoms with Crippen molar-refractivity contribution in [3.05, 3.63) is 93.3 Å². The van der Waals surface area contributed by atoms with Gasteiger partial charge in [-0.2, -0.15) is 31.3 Å². The number of rotatable bonds is 10. The van der Waals surface area contributed by atoms with Crippen molar-refractivity contribution in [2.45, 2.75) is 12.4 Å². The molecule has 0 saturated carbocycles. The van der Waals surface area contributed by atoms with Crippen molar-refractivity contribution in [1.29, 1.82) is 0 Å². The van der Waals surface area contributed by atoms with E-state index in [-0.39, 0.29) is 73.9 Å². The molecule has 52 heavy (non-hydrogen) atoms. The maximum atomic E-state index is 12.8. The summed E-state index contributed by atoms with van der Waals surface area (Å²) in [5.74, 6) is -1.14. The van der Waals surface area contributed by atoms with Gasteiger partial charge in [-0.3, -0.25) is 0 Å². The van der Waals surface area contributed by atoms with Crippen molar-refractivity contribution < 1.29 is 64.4 Å². The van der Waals surface area contributed by atoms with Gasteiger partial charge in [0.2, 0.25) is 0 Å². The van der Waals surface area contributed by atoms with Gasteiger partial charge in [-0.05, 0) is 12.1 Å². The first-order chi connectivity index (χ1) is 24.1. The number of aromatic nitrogens is 2. The number of nitrogens with zero attached hydrogens (tertiary/aromatic N) is 2. The summed E-state index contributed by atoms with van der Waals surface area (Å²) in [6.07, 6.45) is -6.13. The number of halogens is 10. The standard InChI is InChI=1S/C15H11ClF3NO4S.C15H12F3NO4S.I2.HI/c1-22-7-9(13(21)23-2)8-5-3-4-6-10(8)24-14-20-12(16)11(25-14)15(17,18)19;1-21-8-10(13(20)22-2)9-5-3-4-6-11(9)23-14-19-7-12(24-14)15(16,17)18;1-2;/h3-7H,1-2H3;3-8H,1-2H3;;1H/b9-7+;10-8+;;. The Bertz CT molecular complexity index is 1840. The average molecular weight is 1130 g/mol. The molecule has 4 rings (SSSR count). The van der Waals surface area contributed by atoms with E-state index >= 15 is 0 Å². The number of carbonyl (C=O) groups is 2. The fourth-order valence-corrected chi connectivity index (χ4v) is 5.27. The highest BCUT2D eigenvalue weighted by Crippen LogP contribution is 2.43. The van der Waals surface area contributed by atoms with Crippen LogP contribution >= 0.6 is 95.5 Å². The van der Waals surface area contributed by atoms with Crippen molar-refractivity contribution in [2.24, 2.45) is 0 Å². The number of hydrogen-bond acceptors (Lipinski definition) is 12. The topological polar surface area (TPSA) is 115 Å². The first kappa shape index (κ1) is 47.4. The average Bonchev–Trinajstić information content (AvgIpc) is 3.74. The van der Waals surface area contributed by atoms with E-state index in [4.69, 9.17) is 30.5 Å². The van der Waals surface area contributed by atoms with E-state index in [2.05, 4.69) is 56.7 Å². The molecule has 0 radical (unpaired) electrons. The van der Waals surface area contributed by atoms with Gasteiger partial charge < -0.3 is 28.4 Å². The third kappa shape index (κ3) is 13.7. The summed E-state index contributed by atoms with van der Waals surface area (Å²) >= 11 is 10.4. The van der Waals surface area contributed by atoms with Crippen molar-refractivity contribution >= 4 is 119 Å². The third-order valence-corrected chi connectivity index (χ3v) is 7.90. The highest BCUT2D eigenvalue weighted by atomic mass is 128. The molecule has 0 fully saturated rings. The van der Waals surface area contributed by atoms with Crippen LogP contribution in [0, 0.1) is 0 Å². The number of carbonyl (C=O) groups excluding carboxylic acids is 2. The van der Waals surface area contributed by atoms with Crippen LogP contribution in [0.1, 0.15) is 20.9 Å². The summed E-state index contributed by atoms with van der Waals surface area (Å²) in [5, 5.41) is -1.21. The van der Waals surface area contributed by atoms with E-state index in [1.165, 1.54) is 46.6 Å². The molecule has 0 spiro atoms. The molecule has 10 nitrogen and oxygen atoms in total. The van der Waals surface area contributed by atoms with Crippen LogP contribution in [0.25, 0.3) is 11.1 Å². The quantitative estimate of drug-likeness (QED) is 0.0500. The minimum absolute atomic E-state index is 0. The van der Waals surface area contributed by atoms with Gasteiger partial charge in [-0.1, -0.05) is 70.7 Å². The lowest BCUT2D eigenvalue weighted by Gasteiger charge is -2.10. The maximum Gasteiger partial charge on any atom is 0.428 e. The number of methoxy groups -OCH3 is 4. The first-order valence-corrected chi connectivity index (χ1v) is 21.5. The van der Waals surface area contributed by atoms with Gasteiger partial charge in [0.25, 0.3) is 10.4 Å². The van der Waals surface area contributed by atoms with Gasteiger partial charge in [0.1, 0.15) is 27.5 Å². The van der Waals surface area contributed by atoms with E-state index in [0.29, 0.717) is 23.1 Å². The molecule has 2 heterocycles. The minimum Gasteiger partial charge on any atom is -0.503 e. The number of hydrogen-bond donors (Lipinski definition) is 0. The Hall–Kier alpha value is -2.62. The molecule has 0 amide bonds. The Morgan fingerprint density at radius 1 is 0.731 bits per heavy atom. The summed E-state index contributed by atoms with van der Waals surface area (Å²) in [5.41, 5.74) is 0.647. The molecule has 22 heteroatoms. The number of para-hydroxylation sites is 2. The summed E-state index contributed by atoms with van der Waals surface area (Å²) in [6, 6.07) is 12.5. The van der Waals surface area contributed by atoms with Gasteiger partial charge >= 0.3 is 24.3 Å². The minimum atomic E-state index is -4.64. The Labute approximate surface area is 345 Å². The van der Waals surface area contributed by atoms with Gasteiger partial charge in [-0.15, -0.1) is 24.0 Å². The zero-order valence-electron chi connectivity index (χ0n) is 26.6. The maximum absolute atomic E-state index is 12.8. The molecule has 0 aliphatic heterocycles. The molecule has 0 bridgehead atoms. The smallest absolute Gasteiger partial charge is 0.428 e. The third-order valence-electron chi connectivity index (χ3n) is 5.62. The van der Waals surface area contributed by atoms with Crippen molar-refractivity contribution in [2.75, 3.05) is 28.4 Å². The number of alkyl halides is 6. The van der Waals surface area contributed by atoms with Crippen molar-refractivity contribution in [3.63, 3.8) is 0 Å². The molecule has 4 aromatic rings. The van der Waals surface area contributed by atoms with Gasteiger partial charge in [0.15, 0.2) is 10.0 Å². The van der Waals surface area contributed by atoms with Crippen molar-refractivity contribution in [1.82, 2.24) is 9.97 Å². The van der Waals surface area contributed by atoms with E-state index < -0.39 is 39.2 Å². The highest BCUT2D eigenvalue weighted by molar-refractivity contribution is 15.0. The predicted molar refractivity (Wildman–Crippen MR) is 210 cm³/mol. The molecule has 0 atom stereocenters. The monoisotopic (exact) mass is 1130 g/mol. The molecule has 0 N–H and O–H groups in total. The van der Waals surface area contributed by atoms with E-state index in [1.807, 2.05) is 0 Å². The second-order valence-electron chi connectivity index (χ2n) is 8.80.